The van der Waals surface area contributed by atoms with Gasteiger partial charge < -0.3 is 5.73 Å². The first-order valence-electron chi connectivity index (χ1n) is 6.87. The molecular formula is C13H23ClN4. The lowest BCUT2D eigenvalue weighted by atomic mass is 10.1. The second-order valence-corrected chi connectivity index (χ2v) is 5.37. The molecule has 2 N–H and O–H groups in total. The molecule has 102 valence electrons. The molecule has 0 spiro atoms. The molecule has 18 heavy (non-hydrogen) atoms. The molecule has 0 atom stereocenters. The van der Waals surface area contributed by atoms with Crippen LogP contribution in [-0.2, 0) is 19.5 Å². The lowest BCUT2D eigenvalue weighted by Gasteiger charge is -2.30. The molecule has 2 heterocycles. The van der Waals surface area contributed by atoms with Gasteiger partial charge in [-0.3, -0.25) is 9.58 Å². The van der Waals surface area contributed by atoms with Gasteiger partial charge >= 0.3 is 0 Å². The second-order valence-electron chi connectivity index (χ2n) is 4.99. The number of hydrogen-bond donors (Lipinski definition) is 1. The summed E-state index contributed by atoms with van der Waals surface area (Å²) in [4.78, 5) is 2.43. The van der Waals surface area contributed by atoms with Crippen LogP contribution in [0.1, 0.15) is 38.1 Å². The minimum absolute atomic E-state index is 0.374. The maximum Gasteiger partial charge on any atom is 0.0863 e. The average Bonchev–Trinajstić information content (AvgIpc) is 2.69. The Bertz CT molecular complexity index is 394. The van der Waals surface area contributed by atoms with Crippen LogP contribution in [0.2, 0.25) is 5.02 Å². The summed E-state index contributed by atoms with van der Waals surface area (Å²) in [5, 5.41) is 5.42. The third-order valence-corrected chi connectivity index (χ3v) is 4.14. The van der Waals surface area contributed by atoms with Gasteiger partial charge in [-0.15, -0.1) is 0 Å². The predicted octanol–water partition coefficient (Wildman–Crippen LogP) is 2.04. The van der Waals surface area contributed by atoms with Crippen LogP contribution in [0.5, 0.6) is 0 Å². The van der Waals surface area contributed by atoms with Crippen molar-refractivity contribution in [2.75, 3.05) is 13.1 Å². The number of halogens is 1. The van der Waals surface area contributed by atoms with Crippen molar-refractivity contribution < 1.29 is 0 Å². The zero-order chi connectivity index (χ0) is 13.1. The molecule has 0 amide bonds. The van der Waals surface area contributed by atoms with E-state index < -0.39 is 0 Å². The fourth-order valence-electron chi connectivity index (χ4n) is 2.49. The van der Waals surface area contributed by atoms with Crippen molar-refractivity contribution in [2.24, 2.45) is 5.73 Å². The quantitative estimate of drug-likeness (QED) is 0.911. The van der Waals surface area contributed by atoms with Gasteiger partial charge in [-0.2, -0.15) is 5.10 Å². The smallest absolute Gasteiger partial charge is 0.0863 e. The summed E-state index contributed by atoms with van der Waals surface area (Å²) >= 11 is 6.42. The fraction of sp³-hybridized carbons (Fsp3) is 0.769. The van der Waals surface area contributed by atoms with Gasteiger partial charge in [0.2, 0.25) is 0 Å². The van der Waals surface area contributed by atoms with Crippen LogP contribution in [0.15, 0.2) is 0 Å². The van der Waals surface area contributed by atoms with Gasteiger partial charge in [0, 0.05) is 32.2 Å². The summed E-state index contributed by atoms with van der Waals surface area (Å²) in [6.45, 7) is 8.10. The van der Waals surface area contributed by atoms with E-state index in [2.05, 4.69) is 23.8 Å². The zero-order valence-electron chi connectivity index (χ0n) is 11.3. The van der Waals surface area contributed by atoms with Gasteiger partial charge in [-0.1, -0.05) is 18.5 Å². The van der Waals surface area contributed by atoms with Gasteiger partial charge in [-0.25, -0.2) is 0 Å². The first-order valence-corrected chi connectivity index (χ1v) is 7.25. The number of aromatic nitrogens is 2. The van der Waals surface area contributed by atoms with Crippen molar-refractivity contribution >= 4 is 11.6 Å². The van der Waals surface area contributed by atoms with Crippen LogP contribution in [0.4, 0.5) is 0 Å². The molecule has 2 rings (SSSR count). The van der Waals surface area contributed by atoms with Crippen LogP contribution in [0.3, 0.4) is 0 Å². The average molecular weight is 271 g/mol. The van der Waals surface area contributed by atoms with E-state index >= 15 is 0 Å². The molecule has 1 aliphatic rings. The van der Waals surface area contributed by atoms with Crippen LogP contribution >= 0.6 is 11.6 Å². The van der Waals surface area contributed by atoms with E-state index in [4.69, 9.17) is 17.3 Å². The van der Waals surface area contributed by atoms with Crippen molar-refractivity contribution in [2.45, 2.75) is 52.2 Å². The molecule has 1 aliphatic heterocycles. The molecule has 1 fully saturated rings. The standard InChI is InChI=1S/C13H23ClN4/c1-3-11-13(14)12(18(4-2)16-11)9-17-7-5-10(15)6-8-17/h10H,3-9,15H2,1-2H3. The Morgan fingerprint density at radius 2 is 2.00 bits per heavy atom. The molecule has 0 bridgehead atoms. The first-order chi connectivity index (χ1) is 8.65. The lowest BCUT2D eigenvalue weighted by Crippen LogP contribution is -2.39. The molecule has 1 saturated heterocycles. The van der Waals surface area contributed by atoms with E-state index in [1.807, 2.05) is 4.68 Å². The zero-order valence-corrected chi connectivity index (χ0v) is 12.1. The largest absolute Gasteiger partial charge is 0.328 e. The molecule has 4 nitrogen and oxygen atoms in total. The van der Waals surface area contributed by atoms with Crippen molar-refractivity contribution in [1.82, 2.24) is 14.7 Å². The normalized spacial score (nSPS) is 18.4. The Morgan fingerprint density at radius 1 is 1.33 bits per heavy atom. The topological polar surface area (TPSA) is 47.1 Å². The van der Waals surface area contributed by atoms with Crippen molar-refractivity contribution in [3.05, 3.63) is 16.4 Å². The highest BCUT2D eigenvalue weighted by Gasteiger charge is 2.20. The number of nitrogens with two attached hydrogens (primary N) is 1. The van der Waals surface area contributed by atoms with Crippen LogP contribution in [0, 0.1) is 0 Å². The maximum absolute atomic E-state index is 6.42. The van der Waals surface area contributed by atoms with Crippen LogP contribution in [-0.4, -0.2) is 33.8 Å². The molecule has 0 aromatic carbocycles. The maximum atomic E-state index is 6.42. The van der Waals surface area contributed by atoms with E-state index in [9.17, 15) is 0 Å². The van der Waals surface area contributed by atoms with E-state index in [-0.39, 0.29) is 0 Å². The molecule has 1 aromatic heterocycles. The van der Waals surface area contributed by atoms with E-state index in [0.29, 0.717) is 6.04 Å². The third kappa shape index (κ3) is 2.87. The van der Waals surface area contributed by atoms with Crippen molar-refractivity contribution in [3.8, 4) is 0 Å². The summed E-state index contributed by atoms with van der Waals surface area (Å²) in [5.41, 5.74) is 8.11. The van der Waals surface area contributed by atoms with Crippen LogP contribution in [0.25, 0.3) is 0 Å². The summed E-state index contributed by atoms with van der Waals surface area (Å²) in [6, 6.07) is 0.374. The van der Waals surface area contributed by atoms with Crippen molar-refractivity contribution in [1.29, 1.82) is 0 Å². The minimum Gasteiger partial charge on any atom is -0.328 e. The van der Waals surface area contributed by atoms with Gasteiger partial charge in [0.25, 0.3) is 0 Å². The van der Waals surface area contributed by atoms with Gasteiger partial charge in [-0.05, 0) is 26.2 Å². The highest BCUT2D eigenvalue weighted by atomic mass is 35.5. The Balaban J connectivity index is 2.10. The van der Waals surface area contributed by atoms with E-state index in [1.54, 1.807) is 0 Å². The molecule has 0 unspecified atom stereocenters. The minimum atomic E-state index is 0.374. The van der Waals surface area contributed by atoms with Crippen molar-refractivity contribution in [3.63, 3.8) is 0 Å². The molecule has 0 radical (unpaired) electrons. The molecular weight excluding hydrogens is 248 g/mol. The SMILES string of the molecule is CCc1nn(CC)c(CN2CCC(N)CC2)c1Cl. The Hall–Kier alpha value is -0.580. The summed E-state index contributed by atoms with van der Waals surface area (Å²) < 4.78 is 2.04. The highest BCUT2D eigenvalue weighted by Crippen LogP contribution is 2.24. The number of piperidine rings is 1. The van der Waals surface area contributed by atoms with Gasteiger partial charge in [0.05, 0.1) is 16.4 Å². The third-order valence-electron chi connectivity index (χ3n) is 3.70. The fourth-order valence-corrected chi connectivity index (χ4v) is 2.82. The Labute approximate surface area is 114 Å². The summed E-state index contributed by atoms with van der Waals surface area (Å²) in [7, 11) is 0. The highest BCUT2D eigenvalue weighted by molar-refractivity contribution is 6.31. The molecule has 5 heteroatoms. The Kier molecular flexibility index (Phi) is 4.65. The number of likely N-dealkylation sites (tertiary alicyclic amines) is 1. The summed E-state index contributed by atoms with van der Waals surface area (Å²) in [6.07, 6.45) is 3.06. The van der Waals surface area contributed by atoms with Gasteiger partial charge in [0.15, 0.2) is 0 Å². The molecule has 0 aliphatic carbocycles. The number of rotatable bonds is 4. The Morgan fingerprint density at radius 3 is 2.56 bits per heavy atom. The van der Waals surface area contributed by atoms with E-state index in [1.165, 1.54) is 0 Å². The first kappa shape index (κ1) is 13.8. The van der Waals surface area contributed by atoms with Gasteiger partial charge in [0.1, 0.15) is 0 Å². The second kappa shape index (κ2) is 6.04. The monoisotopic (exact) mass is 270 g/mol. The number of aryl methyl sites for hydroxylation is 2. The summed E-state index contributed by atoms with van der Waals surface area (Å²) in [5.74, 6) is 0. The number of hydrogen-bond acceptors (Lipinski definition) is 3. The number of nitrogens with zero attached hydrogens (tertiary/aromatic N) is 3. The molecule has 1 aromatic rings. The predicted molar refractivity (Wildman–Crippen MR) is 74.8 cm³/mol. The van der Waals surface area contributed by atoms with Crippen LogP contribution < -0.4 is 5.73 Å². The lowest BCUT2D eigenvalue weighted by molar-refractivity contribution is 0.200. The van der Waals surface area contributed by atoms with E-state index in [0.717, 1.165) is 61.9 Å². The molecule has 0 saturated carbocycles.